The van der Waals surface area contributed by atoms with Gasteiger partial charge in [0.25, 0.3) is 0 Å². The fraction of sp³-hybridized carbons (Fsp3) is 0.429. The lowest BCUT2D eigenvalue weighted by molar-refractivity contribution is -0.206. The van der Waals surface area contributed by atoms with Crippen LogP contribution in [0.5, 0.6) is 5.75 Å². The Morgan fingerprint density at radius 2 is 1.69 bits per heavy atom. The van der Waals surface area contributed by atoms with Crippen molar-refractivity contribution in [1.29, 1.82) is 0 Å². The topological polar surface area (TPSA) is 36.9 Å². The van der Waals surface area contributed by atoms with Crippen molar-refractivity contribution in [2.45, 2.75) is 38.1 Å². The van der Waals surface area contributed by atoms with Crippen molar-refractivity contribution >= 4 is 10.8 Å². The number of fused-ring (bicyclic) bond motifs is 1. The molecular weight excluding hydrogens is 476 g/mol. The molecule has 0 unspecified atom stereocenters. The maximum absolute atomic E-state index is 15.2. The number of hydrogen-bond acceptors (Lipinski definition) is 4. The first-order valence-electron chi connectivity index (χ1n) is 12.0. The van der Waals surface area contributed by atoms with E-state index in [1.165, 1.54) is 12.1 Å². The van der Waals surface area contributed by atoms with Gasteiger partial charge < -0.3 is 18.9 Å². The van der Waals surface area contributed by atoms with Crippen LogP contribution in [0.2, 0.25) is 0 Å². The van der Waals surface area contributed by atoms with Crippen LogP contribution in [0.25, 0.3) is 10.8 Å². The number of methoxy groups -OCH3 is 1. The summed E-state index contributed by atoms with van der Waals surface area (Å²) in [4.78, 5) is 0. The molecule has 8 heteroatoms. The Hall–Kier alpha value is -2.68. The number of halogens is 4. The molecule has 1 aliphatic rings. The van der Waals surface area contributed by atoms with Crippen LogP contribution in [0.4, 0.5) is 17.6 Å². The van der Waals surface area contributed by atoms with Gasteiger partial charge in [0.05, 0.1) is 13.2 Å². The third-order valence-electron chi connectivity index (χ3n) is 6.27. The molecule has 0 radical (unpaired) electrons. The zero-order chi connectivity index (χ0) is 25.5. The number of rotatable bonds is 10. The van der Waals surface area contributed by atoms with Crippen molar-refractivity contribution in [3.63, 3.8) is 0 Å². The summed E-state index contributed by atoms with van der Waals surface area (Å²) in [7, 11) is 1.69. The summed E-state index contributed by atoms with van der Waals surface area (Å²) in [6.45, 7) is 0.639. The lowest BCUT2D eigenvalue weighted by atomic mass is 9.98. The van der Waals surface area contributed by atoms with Gasteiger partial charge in [0.1, 0.15) is 11.6 Å². The van der Waals surface area contributed by atoms with Gasteiger partial charge in [-0.1, -0.05) is 36.4 Å². The van der Waals surface area contributed by atoms with Gasteiger partial charge >= 0.3 is 6.18 Å². The molecule has 1 aliphatic heterocycles. The zero-order valence-corrected chi connectivity index (χ0v) is 20.2. The van der Waals surface area contributed by atoms with Crippen LogP contribution in [0.15, 0.2) is 54.6 Å². The molecule has 3 aromatic rings. The average molecular weight is 507 g/mol. The lowest BCUT2D eigenvalue weighted by Crippen LogP contribution is -2.27. The Balaban J connectivity index is 1.34. The summed E-state index contributed by atoms with van der Waals surface area (Å²) in [6, 6.07) is 15.5. The van der Waals surface area contributed by atoms with Gasteiger partial charge in [0.15, 0.2) is 12.9 Å². The van der Waals surface area contributed by atoms with Crippen molar-refractivity contribution in [3.05, 3.63) is 77.1 Å². The third kappa shape index (κ3) is 7.18. The van der Waals surface area contributed by atoms with E-state index in [1.807, 2.05) is 18.2 Å². The Bertz CT molecular complexity index is 1120. The fourth-order valence-corrected chi connectivity index (χ4v) is 4.31. The maximum Gasteiger partial charge on any atom is 0.422 e. The molecule has 0 spiro atoms. The number of aryl methyl sites for hydroxylation is 2. The van der Waals surface area contributed by atoms with Gasteiger partial charge in [-0.2, -0.15) is 13.2 Å². The van der Waals surface area contributed by atoms with Gasteiger partial charge in [-0.15, -0.1) is 0 Å². The summed E-state index contributed by atoms with van der Waals surface area (Å²) in [5.74, 6) is 0.227. The number of alkyl halides is 3. The quantitative estimate of drug-likeness (QED) is 0.224. The molecule has 0 bridgehead atoms. The molecule has 0 N–H and O–H groups in total. The maximum atomic E-state index is 15.2. The van der Waals surface area contributed by atoms with E-state index in [0.717, 1.165) is 36.0 Å². The summed E-state index contributed by atoms with van der Waals surface area (Å²) in [6.07, 6.45) is -1.86. The number of benzene rings is 3. The largest absolute Gasteiger partial charge is 0.484 e. The minimum absolute atomic E-state index is 0.149. The monoisotopic (exact) mass is 506 g/mol. The normalized spacial score (nSPS) is 18.5. The highest BCUT2D eigenvalue weighted by Crippen LogP contribution is 2.31. The van der Waals surface area contributed by atoms with Crippen molar-refractivity contribution in [3.8, 4) is 5.75 Å². The molecule has 4 nitrogen and oxygen atoms in total. The Kier molecular flexibility index (Phi) is 8.82. The minimum atomic E-state index is -4.38. The van der Waals surface area contributed by atoms with Gasteiger partial charge in [-0.3, -0.25) is 0 Å². The van der Waals surface area contributed by atoms with Crippen LogP contribution in [0.3, 0.4) is 0 Å². The van der Waals surface area contributed by atoms with E-state index in [1.54, 1.807) is 31.4 Å². The average Bonchev–Trinajstić information content (AvgIpc) is 2.88. The van der Waals surface area contributed by atoms with E-state index in [-0.39, 0.29) is 11.6 Å². The minimum Gasteiger partial charge on any atom is -0.484 e. The molecule has 1 saturated heterocycles. The number of ether oxygens (including phenoxy) is 4. The van der Waals surface area contributed by atoms with Crippen molar-refractivity contribution in [2.75, 3.05) is 33.5 Å². The third-order valence-corrected chi connectivity index (χ3v) is 6.27. The second-order valence-electron chi connectivity index (χ2n) is 9.07. The highest BCUT2D eigenvalue weighted by Gasteiger charge is 2.28. The molecule has 0 saturated carbocycles. The molecule has 3 aromatic carbocycles. The Labute approximate surface area is 208 Å². The molecule has 0 amide bonds. The molecule has 194 valence electrons. The summed E-state index contributed by atoms with van der Waals surface area (Å²) in [5.41, 5.74) is 2.32. The Morgan fingerprint density at radius 3 is 2.39 bits per heavy atom. The highest BCUT2D eigenvalue weighted by atomic mass is 19.4. The molecular formula is C28H30F4O4. The molecule has 0 atom stereocenters. The predicted molar refractivity (Wildman–Crippen MR) is 129 cm³/mol. The molecule has 36 heavy (non-hydrogen) atoms. The van der Waals surface area contributed by atoms with E-state index >= 15 is 4.39 Å². The first kappa shape index (κ1) is 26.4. The smallest absolute Gasteiger partial charge is 0.422 e. The zero-order valence-electron chi connectivity index (χ0n) is 20.2. The molecule has 1 fully saturated rings. The van der Waals surface area contributed by atoms with Crippen LogP contribution < -0.4 is 4.74 Å². The van der Waals surface area contributed by atoms with Crippen LogP contribution >= 0.6 is 0 Å². The SMILES string of the molecule is COCCCC1COC(c2ccc3c(F)c(CCc4ccc(OCC(F)(F)F)cc4)ccc3c2)OC1. The van der Waals surface area contributed by atoms with Gasteiger partial charge in [0.2, 0.25) is 0 Å². The van der Waals surface area contributed by atoms with Crippen LogP contribution in [0, 0.1) is 11.7 Å². The summed E-state index contributed by atoms with van der Waals surface area (Å²) in [5, 5.41) is 1.30. The van der Waals surface area contributed by atoms with Crippen molar-refractivity contribution < 1.29 is 36.5 Å². The lowest BCUT2D eigenvalue weighted by Gasteiger charge is -2.29. The van der Waals surface area contributed by atoms with E-state index in [9.17, 15) is 13.2 Å². The van der Waals surface area contributed by atoms with E-state index in [2.05, 4.69) is 0 Å². The van der Waals surface area contributed by atoms with Crippen molar-refractivity contribution in [2.24, 2.45) is 5.92 Å². The van der Waals surface area contributed by atoms with Gasteiger partial charge in [-0.05, 0) is 60.4 Å². The molecule has 4 rings (SSSR count). The van der Waals surface area contributed by atoms with Crippen molar-refractivity contribution in [1.82, 2.24) is 0 Å². The fourth-order valence-electron chi connectivity index (χ4n) is 4.31. The van der Waals surface area contributed by atoms with Crippen LogP contribution in [-0.2, 0) is 27.1 Å². The standard InChI is InChI=1S/C28H30F4O4/c1-33-14-2-3-20-16-34-27(35-17-20)23-10-13-25-22(15-23)9-8-21(26(25)29)7-4-19-5-11-24(12-6-19)36-18-28(30,31)32/h5-6,8-13,15,20,27H,2-4,7,14,16-18H2,1H3. The number of hydrogen-bond donors (Lipinski definition) is 0. The van der Waals surface area contributed by atoms with E-state index < -0.39 is 19.1 Å². The molecule has 0 aliphatic carbocycles. The molecule has 0 aromatic heterocycles. The summed E-state index contributed by atoms with van der Waals surface area (Å²) < 4.78 is 73.7. The second-order valence-corrected chi connectivity index (χ2v) is 9.07. The van der Waals surface area contributed by atoms with Crippen LogP contribution in [-0.4, -0.2) is 39.7 Å². The van der Waals surface area contributed by atoms with Crippen LogP contribution in [0.1, 0.15) is 35.8 Å². The second kappa shape index (κ2) is 12.0. The Morgan fingerprint density at radius 1 is 0.944 bits per heavy atom. The van der Waals surface area contributed by atoms with Gasteiger partial charge in [0, 0.05) is 30.6 Å². The summed E-state index contributed by atoms with van der Waals surface area (Å²) >= 11 is 0. The molecule has 1 heterocycles. The predicted octanol–water partition coefficient (Wildman–Crippen LogP) is 6.79. The highest BCUT2D eigenvalue weighted by molar-refractivity contribution is 5.84. The van der Waals surface area contributed by atoms with E-state index in [0.29, 0.717) is 42.9 Å². The first-order valence-corrected chi connectivity index (χ1v) is 12.0. The van der Waals surface area contributed by atoms with Gasteiger partial charge in [-0.25, -0.2) is 4.39 Å². The first-order chi connectivity index (χ1) is 17.3. The van der Waals surface area contributed by atoms with E-state index in [4.69, 9.17) is 18.9 Å².